The fourth-order valence-corrected chi connectivity index (χ4v) is 3.58. The first kappa shape index (κ1) is 19.9. The molecule has 1 saturated heterocycles. The Kier molecular flexibility index (Phi) is 6.29. The van der Waals surface area contributed by atoms with Crippen LogP contribution in [0.25, 0.3) is 0 Å². The number of carbonyl (C=O) groups excluding carboxylic acids is 2. The summed E-state index contributed by atoms with van der Waals surface area (Å²) in [4.78, 5) is 31.0. The van der Waals surface area contributed by atoms with E-state index in [1.54, 1.807) is 21.9 Å². The minimum absolute atomic E-state index is 0.298. The summed E-state index contributed by atoms with van der Waals surface area (Å²) >= 11 is 0. The molecule has 0 spiro atoms. The first-order valence-corrected chi connectivity index (χ1v) is 9.66. The average molecular weight is 383 g/mol. The van der Waals surface area contributed by atoms with Gasteiger partial charge in [0.15, 0.2) is 0 Å². The number of carbonyl (C=O) groups is 2. The standard InChI is InChI=1S/C22H26FN3O2/c1-3-26(17(2)18-9-11-19(23)12-10-18)22(28)21(27)25-15-13-24(14-16-25)20-7-5-4-6-8-20/h4-12,17H,3,13-16H2,1-2H3/t17-/m0/s1. The van der Waals surface area contributed by atoms with Gasteiger partial charge in [0.1, 0.15) is 5.82 Å². The summed E-state index contributed by atoms with van der Waals surface area (Å²) in [6.45, 7) is 6.54. The largest absolute Gasteiger partial charge is 0.368 e. The van der Waals surface area contributed by atoms with Crippen LogP contribution in [-0.4, -0.2) is 54.3 Å². The van der Waals surface area contributed by atoms with Crippen LogP contribution < -0.4 is 4.90 Å². The third kappa shape index (κ3) is 4.32. The lowest BCUT2D eigenvalue weighted by molar-refractivity contribution is -0.153. The summed E-state index contributed by atoms with van der Waals surface area (Å²) in [5.74, 6) is -1.30. The van der Waals surface area contributed by atoms with Gasteiger partial charge in [0.25, 0.3) is 0 Å². The summed E-state index contributed by atoms with van der Waals surface area (Å²) in [6, 6.07) is 15.8. The molecule has 0 unspecified atom stereocenters. The maximum atomic E-state index is 13.2. The fraction of sp³-hybridized carbons (Fsp3) is 0.364. The van der Waals surface area contributed by atoms with Crippen molar-refractivity contribution in [3.05, 3.63) is 66.0 Å². The van der Waals surface area contributed by atoms with Crippen molar-refractivity contribution in [2.45, 2.75) is 19.9 Å². The van der Waals surface area contributed by atoms with E-state index in [4.69, 9.17) is 0 Å². The highest BCUT2D eigenvalue weighted by molar-refractivity contribution is 6.35. The van der Waals surface area contributed by atoms with Crippen LogP contribution >= 0.6 is 0 Å². The Morgan fingerprint density at radius 1 is 1.00 bits per heavy atom. The van der Waals surface area contributed by atoms with Crippen molar-refractivity contribution in [1.29, 1.82) is 0 Å². The molecule has 28 heavy (non-hydrogen) atoms. The van der Waals surface area contributed by atoms with E-state index in [1.807, 2.05) is 44.2 Å². The summed E-state index contributed by atoms with van der Waals surface area (Å²) in [6.07, 6.45) is 0. The number of hydrogen-bond donors (Lipinski definition) is 0. The first-order chi connectivity index (χ1) is 13.5. The van der Waals surface area contributed by atoms with Crippen molar-refractivity contribution in [3.63, 3.8) is 0 Å². The summed E-state index contributed by atoms with van der Waals surface area (Å²) in [5, 5.41) is 0. The van der Waals surface area contributed by atoms with Crippen LogP contribution in [0.3, 0.4) is 0 Å². The molecule has 1 heterocycles. The normalized spacial score (nSPS) is 15.2. The zero-order chi connectivity index (χ0) is 20.1. The molecule has 0 aliphatic carbocycles. The number of benzene rings is 2. The van der Waals surface area contributed by atoms with Gasteiger partial charge < -0.3 is 14.7 Å². The molecule has 2 aromatic carbocycles. The van der Waals surface area contributed by atoms with Gasteiger partial charge in [-0.05, 0) is 43.7 Å². The van der Waals surface area contributed by atoms with Gasteiger partial charge in [0.2, 0.25) is 0 Å². The molecule has 1 fully saturated rings. The SMILES string of the molecule is CCN(C(=O)C(=O)N1CCN(c2ccccc2)CC1)[C@@H](C)c1ccc(F)cc1. The van der Waals surface area contributed by atoms with E-state index in [2.05, 4.69) is 4.90 Å². The monoisotopic (exact) mass is 383 g/mol. The van der Waals surface area contributed by atoms with Crippen molar-refractivity contribution < 1.29 is 14.0 Å². The van der Waals surface area contributed by atoms with Crippen molar-refractivity contribution in [2.75, 3.05) is 37.6 Å². The van der Waals surface area contributed by atoms with Crippen molar-refractivity contribution in [1.82, 2.24) is 9.80 Å². The van der Waals surface area contributed by atoms with E-state index in [0.717, 1.165) is 11.3 Å². The number of halogens is 1. The number of anilines is 1. The zero-order valence-corrected chi connectivity index (χ0v) is 16.3. The average Bonchev–Trinajstić information content (AvgIpc) is 2.75. The number of para-hydroxylation sites is 1. The molecule has 0 aromatic heterocycles. The quantitative estimate of drug-likeness (QED) is 0.762. The van der Waals surface area contributed by atoms with Crippen LogP contribution in [0.5, 0.6) is 0 Å². The summed E-state index contributed by atoms with van der Waals surface area (Å²) < 4.78 is 13.2. The molecule has 2 aromatic rings. The van der Waals surface area contributed by atoms with Gasteiger partial charge in [-0.2, -0.15) is 0 Å². The second-order valence-corrected chi connectivity index (χ2v) is 6.93. The van der Waals surface area contributed by atoms with Crippen LogP contribution in [0.1, 0.15) is 25.5 Å². The maximum Gasteiger partial charge on any atom is 0.312 e. The van der Waals surface area contributed by atoms with E-state index in [1.165, 1.54) is 12.1 Å². The van der Waals surface area contributed by atoms with Crippen molar-refractivity contribution >= 4 is 17.5 Å². The van der Waals surface area contributed by atoms with Crippen LogP contribution in [0.4, 0.5) is 10.1 Å². The number of piperazine rings is 1. The van der Waals surface area contributed by atoms with E-state index < -0.39 is 11.8 Å². The molecule has 1 aliphatic heterocycles. The molecule has 6 heteroatoms. The number of hydrogen-bond acceptors (Lipinski definition) is 3. The summed E-state index contributed by atoms with van der Waals surface area (Å²) in [5.41, 5.74) is 1.93. The highest BCUT2D eigenvalue weighted by atomic mass is 19.1. The highest BCUT2D eigenvalue weighted by Gasteiger charge is 2.31. The molecule has 0 bridgehead atoms. The van der Waals surface area contributed by atoms with Crippen LogP contribution in [0.2, 0.25) is 0 Å². The Morgan fingerprint density at radius 3 is 2.18 bits per heavy atom. The van der Waals surface area contributed by atoms with Gasteiger partial charge in [-0.15, -0.1) is 0 Å². The molecular weight excluding hydrogens is 357 g/mol. The molecule has 0 radical (unpaired) electrons. The molecule has 2 amide bonds. The van der Waals surface area contributed by atoms with Gasteiger partial charge in [-0.1, -0.05) is 30.3 Å². The van der Waals surface area contributed by atoms with E-state index in [-0.39, 0.29) is 11.9 Å². The van der Waals surface area contributed by atoms with Gasteiger partial charge in [0, 0.05) is 38.4 Å². The van der Waals surface area contributed by atoms with Crippen LogP contribution in [0, 0.1) is 5.82 Å². The third-order valence-electron chi connectivity index (χ3n) is 5.29. The predicted molar refractivity (Wildman–Crippen MR) is 107 cm³/mol. The molecule has 148 valence electrons. The number of amides is 2. The summed E-state index contributed by atoms with van der Waals surface area (Å²) in [7, 11) is 0. The van der Waals surface area contributed by atoms with Crippen molar-refractivity contribution in [3.8, 4) is 0 Å². The molecule has 0 saturated carbocycles. The lowest BCUT2D eigenvalue weighted by atomic mass is 10.1. The van der Waals surface area contributed by atoms with E-state index in [9.17, 15) is 14.0 Å². The molecule has 1 atom stereocenters. The van der Waals surface area contributed by atoms with Crippen molar-refractivity contribution in [2.24, 2.45) is 0 Å². The Hall–Kier alpha value is -2.89. The number of nitrogens with zero attached hydrogens (tertiary/aromatic N) is 3. The van der Waals surface area contributed by atoms with Gasteiger partial charge in [0.05, 0.1) is 6.04 Å². The van der Waals surface area contributed by atoms with Gasteiger partial charge >= 0.3 is 11.8 Å². The minimum atomic E-state index is -0.507. The fourth-order valence-electron chi connectivity index (χ4n) is 3.58. The Morgan fingerprint density at radius 2 is 1.61 bits per heavy atom. The molecule has 1 aliphatic rings. The number of rotatable bonds is 4. The molecule has 5 nitrogen and oxygen atoms in total. The Balaban J connectivity index is 1.63. The highest BCUT2D eigenvalue weighted by Crippen LogP contribution is 2.22. The van der Waals surface area contributed by atoms with E-state index in [0.29, 0.717) is 32.7 Å². The molecular formula is C22H26FN3O2. The van der Waals surface area contributed by atoms with Crippen LogP contribution in [0.15, 0.2) is 54.6 Å². The van der Waals surface area contributed by atoms with Crippen LogP contribution in [-0.2, 0) is 9.59 Å². The molecule has 0 N–H and O–H groups in total. The van der Waals surface area contributed by atoms with Gasteiger partial charge in [-0.3, -0.25) is 9.59 Å². The lowest BCUT2D eigenvalue weighted by Crippen LogP contribution is -2.53. The lowest BCUT2D eigenvalue weighted by Gasteiger charge is -2.37. The topological polar surface area (TPSA) is 43.9 Å². The Bertz CT molecular complexity index is 802. The second-order valence-electron chi connectivity index (χ2n) is 6.93. The third-order valence-corrected chi connectivity index (χ3v) is 5.29. The Labute approximate surface area is 165 Å². The molecule has 3 rings (SSSR count). The maximum absolute atomic E-state index is 13.2. The zero-order valence-electron chi connectivity index (χ0n) is 16.3. The first-order valence-electron chi connectivity index (χ1n) is 9.66. The minimum Gasteiger partial charge on any atom is -0.368 e. The number of likely N-dealkylation sites (N-methyl/N-ethyl adjacent to an activating group) is 1. The second kappa shape index (κ2) is 8.87. The smallest absolute Gasteiger partial charge is 0.312 e. The predicted octanol–water partition coefficient (Wildman–Crippen LogP) is 3.08. The van der Waals surface area contributed by atoms with E-state index >= 15 is 0 Å². The van der Waals surface area contributed by atoms with Gasteiger partial charge in [-0.25, -0.2) is 4.39 Å².